The standard InChI is InChI=1S/C20H24N2O4S/c1-4-21-27(24,25)19-12-5-16(6-13-19)7-14-20(23)22-17-8-10-18(11-9-17)26-15(2)3/h5-15,21H,4H2,1-3H3,(H,22,23)/b14-7+. The minimum atomic E-state index is -3.47. The van der Waals surface area contributed by atoms with Crippen LogP contribution in [0.2, 0.25) is 0 Å². The van der Waals surface area contributed by atoms with Crippen LogP contribution in [0.5, 0.6) is 5.75 Å². The molecule has 2 N–H and O–H groups in total. The lowest BCUT2D eigenvalue weighted by atomic mass is 10.2. The number of hydrogen-bond acceptors (Lipinski definition) is 4. The molecule has 0 saturated carbocycles. The van der Waals surface area contributed by atoms with Gasteiger partial charge in [-0.1, -0.05) is 19.1 Å². The first-order valence-electron chi connectivity index (χ1n) is 8.65. The minimum absolute atomic E-state index is 0.0903. The summed E-state index contributed by atoms with van der Waals surface area (Å²) in [6.07, 6.45) is 3.11. The van der Waals surface area contributed by atoms with Crippen molar-refractivity contribution in [2.45, 2.75) is 31.8 Å². The van der Waals surface area contributed by atoms with Crippen molar-refractivity contribution in [1.29, 1.82) is 0 Å². The van der Waals surface area contributed by atoms with Crippen molar-refractivity contribution in [3.8, 4) is 5.75 Å². The fourth-order valence-electron chi connectivity index (χ4n) is 2.28. The van der Waals surface area contributed by atoms with E-state index in [2.05, 4.69) is 10.0 Å². The number of carbonyl (C=O) groups is 1. The molecule has 0 aliphatic carbocycles. The average molecular weight is 388 g/mol. The molecule has 0 spiro atoms. The van der Waals surface area contributed by atoms with Crippen LogP contribution in [0.15, 0.2) is 59.5 Å². The van der Waals surface area contributed by atoms with Gasteiger partial charge in [-0.05, 0) is 61.9 Å². The maximum atomic E-state index is 12.0. The number of sulfonamides is 1. The first-order chi connectivity index (χ1) is 12.8. The van der Waals surface area contributed by atoms with E-state index in [1.165, 1.54) is 18.2 Å². The Hall–Kier alpha value is -2.64. The predicted molar refractivity (Wildman–Crippen MR) is 107 cm³/mol. The maximum absolute atomic E-state index is 12.0. The Morgan fingerprint density at radius 3 is 2.26 bits per heavy atom. The van der Waals surface area contributed by atoms with Crippen LogP contribution in [-0.2, 0) is 14.8 Å². The Morgan fingerprint density at radius 2 is 1.70 bits per heavy atom. The summed E-state index contributed by atoms with van der Waals surface area (Å²) < 4.78 is 31.8. The van der Waals surface area contributed by atoms with Gasteiger partial charge >= 0.3 is 0 Å². The van der Waals surface area contributed by atoms with Crippen LogP contribution >= 0.6 is 0 Å². The van der Waals surface area contributed by atoms with E-state index < -0.39 is 10.0 Å². The highest BCUT2D eigenvalue weighted by Gasteiger charge is 2.11. The lowest BCUT2D eigenvalue weighted by Crippen LogP contribution is -2.22. The fraction of sp³-hybridized carbons (Fsp3) is 0.250. The van der Waals surface area contributed by atoms with Gasteiger partial charge in [-0.15, -0.1) is 0 Å². The summed E-state index contributed by atoms with van der Waals surface area (Å²) in [5, 5.41) is 2.76. The Kier molecular flexibility index (Phi) is 7.15. The van der Waals surface area contributed by atoms with Gasteiger partial charge in [0.2, 0.25) is 15.9 Å². The highest BCUT2D eigenvalue weighted by atomic mass is 32.2. The summed E-state index contributed by atoms with van der Waals surface area (Å²) in [7, 11) is -3.47. The van der Waals surface area contributed by atoms with Gasteiger partial charge in [0.25, 0.3) is 0 Å². The molecule has 0 aliphatic rings. The summed E-state index contributed by atoms with van der Waals surface area (Å²) in [5.41, 5.74) is 1.38. The van der Waals surface area contributed by atoms with E-state index in [1.54, 1.807) is 49.4 Å². The van der Waals surface area contributed by atoms with Crippen molar-refractivity contribution < 1.29 is 17.9 Å². The largest absolute Gasteiger partial charge is 0.491 e. The SMILES string of the molecule is CCNS(=O)(=O)c1ccc(/C=C/C(=O)Nc2ccc(OC(C)C)cc2)cc1. The van der Waals surface area contributed by atoms with Gasteiger partial charge < -0.3 is 10.1 Å². The van der Waals surface area contributed by atoms with Crippen LogP contribution in [0.3, 0.4) is 0 Å². The second-order valence-electron chi connectivity index (χ2n) is 6.08. The highest BCUT2D eigenvalue weighted by molar-refractivity contribution is 7.89. The fourth-order valence-corrected chi connectivity index (χ4v) is 3.32. The number of anilines is 1. The molecule has 144 valence electrons. The molecule has 0 saturated heterocycles. The molecule has 6 nitrogen and oxygen atoms in total. The molecular formula is C20H24N2O4S. The lowest BCUT2D eigenvalue weighted by molar-refractivity contribution is -0.111. The molecule has 2 aromatic rings. The Bertz CT molecular complexity index is 887. The number of carbonyl (C=O) groups excluding carboxylic acids is 1. The van der Waals surface area contributed by atoms with Crippen molar-refractivity contribution >= 4 is 27.7 Å². The molecule has 0 heterocycles. The first kappa shape index (κ1) is 20.7. The molecule has 0 unspecified atom stereocenters. The summed E-state index contributed by atoms with van der Waals surface area (Å²) in [6.45, 7) is 5.94. The van der Waals surface area contributed by atoms with Gasteiger partial charge in [0.1, 0.15) is 5.75 Å². The first-order valence-corrected chi connectivity index (χ1v) is 10.1. The smallest absolute Gasteiger partial charge is 0.248 e. The van der Waals surface area contributed by atoms with E-state index >= 15 is 0 Å². The molecule has 0 aliphatic heterocycles. The average Bonchev–Trinajstić information content (AvgIpc) is 2.61. The number of benzene rings is 2. The summed E-state index contributed by atoms with van der Waals surface area (Å²) >= 11 is 0. The lowest BCUT2D eigenvalue weighted by Gasteiger charge is -2.10. The molecule has 0 aromatic heterocycles. The van der Waals surface area contributed by atoms with Crippen LogP contribution in [0.1, 0.15) is 26.3 Å². The van der Waals surface area contributed by atoms with Crippen molar-refractivity contribution in [2.75, 3.05) is 11.9 Å². The van der Waals surface area contributed by atoms with Crippen LogP contribution in [0.25, 0.3) is 6.08 Å². The number of rotatable bonds is 8. The molecule has 0 bridgehead atoms. The second kappa shape index (κ2) is 9.34. The van der Waals surface area contributed by atoms with Crippen LogP contribution < -0.4 is 14.8 Å². The third kappa shape index (κ3) is 6.54. The van der Waals surface area contributed by atoms with Gasteiger partial charge in [0, 0.05) is 18.3 Å². The topological polar surface area (TPSA) is 84.5 Å². The summed E-state index contributed by atoms with van der Waals surface area (Å²) in [6, 6.07) is 13.4. The molecule has 0 atom stereocenters. The number of nitrogens with one attached hydrogen (secondary N) is 2. The molecule has 0 fully saturated rings. The predicted octanol–water partition coefficient (Wildman–Crippen LogP) is 3.42. The van der Waals surface area contributed by atoms with E-state index in [0.717, 1.165) is 11.3 Å². The molecule has 2 rings (SSSR count). The van der Waals surface area contributed by atoms with Crippen LogP contribution in [-0.4, -0.2) is 27.0 Å². The van der Waals surface area contributed by atoms with Gasteiger partial charge in [0.15, 0.2) is 0 Å². The van der Waals surface area contributed by atoms with Gasteiger partial charge in [-0.3, -0.25) is 4.79 Å². The molecule has 0 radical (unpaired) electrons. The van der Waals surface area contributed by atoms with Crippen LogP contribution in [0, 0.1) is 0 Å². The summed E-state index contributed by atoms with van der Waals surface area (Å²) in [4.78, 5) is 12.2. The molecule has 7 heteroatoms. The molecule has 1 amide bonds. The van der Waals surface area contributed by atoms with E-state index in [9.17, 15) is 13.2 Å². The third-order valence-electron chi connectivity index (χ3n) is 3.45. The zero-order valence-corrected chi connectivity index (χ0v) is 16.4. The molecule has 27 heavy (non-hydrogen) atoms. The van der Waals surface area contributed by atoms with Gasteiger partial charge in [0.05, 0.1) is 11.0 Å². The normalized spacial score (nSPS) is 11.7. The third-order valence-corrected chi connectivity index (χ3v) is 5.01. The monoisotopic (exact) mass is 388 g/mol. The quantitative estimate of drug-likeness (QED) is 0.679. The van der Waals surface area contributed by atoms with Crippen molar-refractivity contribution in [3.05, 3.63) is 60.2 Å². The number of ether oxygens (including phenoxy) is 1. The zero-order valence-electron chi connectivity index (χ0n) is 15.6. The second-order valence-corrected chi connectivity index (χ2v) is 7.85. The van der Waals surface area contributed by atoms with E-state index in [1.807, 2.05) is 13.8 Å². The Labute approximate surface area is 160 Å². The van der Waals surface area contributed by atoms with Gasteiger partial charge in [-0.25, -0.2) is 13.1 Å². The Balaban J connectivity index is 1.96. The van der Waals surface area contributed by atoms with Crippen LogP contribution in [0.4, 0.5) is 5.69 Å². The minimum Gasteiger partial charge on any atom is -0.491 e. The maximum Gasteiger partial charge on any atom is 0.248 e. The zero-order chi connectivity index (χ0) is 19.9. The van der Waals surface area contributed by atoms with E-state index in [4.69, 9.17) is 4.74 Å². The Morgan fingerprint density at radius 1 is 1.07 bits per heavy atom. The van der Waals surface area contributed by atoms with E-state index in [0.29, 0.717) is 12.2 Å². The summed E-state index contributed by atoms with van der Waals surface area (Å²) in [5.74, 6) is 0.461. The number of amides is 1. The van der Waals surface area contributed by atoms with Crippen molar-refractivity contribution in [2.24, 2.45) is 0 Å². The molecular weight excluding hydrogens is 364 g/mol. The van der Waals surface area contributed by atoms with Gasteiger partial charge in [-0.2, -0.15) is 0 Å². The van der Waals surface area contributed by atoms with Crippen molar-refractivity contribution in [3.63, 3.8) is 0 Å². The molecule has 2 aromatic carbocycles. The van der Waals surface area contributed by atoms with Crippen molar-refractivity contribution in [1.82, 2.24) is 4.72 Å². The van der Waals surface area contributed by atoms with E-state index in [-0.39, 0.29) is 16.9 Å². The highest BCUT2D eigenvalue weighted by Crippen LogP contribution is 2.17. The number of hydrogen-bond donors (Lipinski definition) is 2.